The fourth-order valence-corrected chi connectivity index (χ4v) is 3.71. The number of aryl methyl sites for hydroxylation is 2. The first-order valence-corrected chi connectivity index (χ1v) is 8.57. The number of rotatable bonds is 3. The van der Waals surface area contributed by atoms with Gasteiger partial charge in [-0.25, -0.2) is 14.8 Å². The first-order chi connectivity index (χ1) is 12.1. The van der Waals surface area contributed by atoms with E-state index in [2.05, 4.69) is 15.3 Å². The third kappa shape index (κ3) is 2.92. The van der Waals surface area contributed by atoms with E-state index in [1.165, 1.54) is 0 Å². The Hall–Kier alpha value is -2.64. The first kappa shape index (κ1) is 15.9. The van der Waals surface area contributed by atoms with E-state index < -0.39 is 5.60 Å². The molecule has 0 aliphatic carbocycles. The summed E-state index contributed by atoms with van der Waals surface area (Å²) in [6.07, 6.45) is 3.94. The second kappa shape index (κ2) is 6.02. The number of amides is 2. The molecule has 2 fully saturated rings. The molecule has 25 heavy (non-hydrogen) atoms. The Morgan fingerprint density at radius 2 is 2.36 bits per heavy atom. The third-order valence-electron chi connectivity index (χ3n) is 5.04. The van der Waals surface area contributed by atoms with Crippen LogP contribution in [-0.2, 0) is 23.0 Å². The Labute approximate surface area is 145 Å². The molecule has 0 unspecified atom stereocenters. The molecule has 1 spiro atoms. The molecule has 1 atom stereocenters. The lowest BCUT2D eigenvalue weighted by Crippen LogP contribution is -2.52. The molecule has 2 aromatic heterocycles. The summed E-state index contributed by atoms with van der Waals surface area (Å²) in [6, 6.07) is 3.78. The summed E-state index contributed by atoms with van der Waals surface area (Å²) < 4.78 is 7.36. The number of nitrogens with zero attached hydrogens (tertiary/aromatic N) is 4. The molecule has 0 radical (unpaired) electrons. The zero-order valence-corrected chi connectivity index (χ0v) is 14.2. The summed E-state index contributed by atoms with van der Waals surface area (Å²) in [5.74, 6) is 0.921. The molecule has 0 saturated carbocycles. The van der Waals surface area contributed by atoms with Crippen LogP contribution >= 0.6 is 0 Å². The largest absolute Gasteiger partial charge is 0.439 e. The first-order valence-electron chi connectivity index (χ1n) is 8.57. The molecule has 0 bridgehead atoms. The van der Waals surface area contributed by atoms with Gasteiger partial charge in [-0.05, 0) is 25.0 Å². The number of alkyl carbamates (subject to hydrolysis) is 1. The zero-order valence-electron chi connectivity index (χ0n) is 14.2. The molecule has 2 aromatic rings. The summed E-state index contributed by atoms with van der Waals surface area (Å²) in [5.41, 5.74) is 1.12. The van der Waals surface area contributed by atoms with Crippen LogP contribution in [0.4, 0.5) is 4.79 Å². The predicted molar refractivity (Wildman–Crippen MR) is 89.9 cm³/mol. The fraction of sp³-hybridized carbons (Fsp3) is 0.529. The van der Waals surface area contributed by atoms with Crippen LogP contribution < -0.4 is 5.32 Å². The SMILES string of the molecule is Cn1c(CCC(=O)N2CCC[C@@]3(CNC(=O)O3)C2)nc2cccnc21. The van der Waals surface area contributed by atoms with Gasteiger partial charge in [-0.2, -0.15) is 0 Å². The Morgan fingerprint density at radius 3 is 3.12 bits per heavy atom. The smallest absolute Gasteiger partial charge is 0.407 e. The molecular formula is C17H21N5O3. The Bertz CT molecular complexity index is 833. The highest BCUT2D eigenvalue weighted by Crippen LogP contribution is 2.28. The number of carbonyl (C=O) groups excluding carboxylic acids is 2. The molecule has 0 aromatic carbocycles. The second-order valence-corrected chi connectivity index (χ2v) is 6.78. The van der Waals surface area contributed by atoms with Gasteiger partial charge in [0.05, 0.1) is 13.1 Å². The van der Waals surface area contributed by atoms with Crippen LogP contribution in [0, 0.1) is 0 Å². The molecule has 132 valence electrons. The van der Waals surface area contributed by atoms with Gasteiger partial charge in [0.25, 0.3) is 0 Å². The molecule has 2 amide bonds. The molecule has 4 rings (SSSR count). The maximum atomic E-state index is 12.6. The van der Waals surface area contributed by atoms with E-state index in [0.717, 1.165) is 29.8 Å². The van der Waals surface area contributed by atoms with E-state index in [4.69, 9.17) is 4.74 Å². The minimum atomic E-state index is -0.549. The number of piperidine rings is 1. The van der Waals surface area contributed by atoms with Gasteiger partial charge in [0.1, 0.15) is 16.9 Å². The highest BCUT2D eigenvalue weighted by atomic mass is 16.6. The monoisotopic (exact) mass is 343 g/mol. The van der Waals surface area contributed by atoms with Crippen molar-refractivity contribution in [2.24, 2.45) is 7.05 Å². The Morgan fingerprint density at radius 1 is 1.48 bits per heavy atom. The van der Waals surface area contributed by atoms with E-state index in [1.807, 2.05) is 28.6 Å². The number of pyridine rings is 1. The third-order valence-corrected chi connectivity index (χ3v) is 5.04. The average molecular weight is 343 g/mol. The van der Waals surface area contributed by atoms with Gasteiger partial charge in [-0.1, -0.05) is 0 Å². The van der Waals surface area contributed by atoms with Crippen LogP contribution in [0.3, 0.4) is 0 Å². The fourth-order valence-electron chi connectivity index (χ4n) is 3.71. The molecular weight excluding hydrogens is 322 g/mol. The van der Waals surface area contributed by atoms with Crippen molar-refractivity contribution in [3.05, 3.63) is 24.2 Å². The number of hydrogen-bond acceptors (Lipinski definition) is 5. The zero-order chi connectivity index (χ0) is 17.4. The number of nitrogens with one attached hydrogen (secondary N) is 1. The van der Waals surface area contributed by atoms with Gasteiger partial charge in [0.15, 0.2) is 5.65 Å². The van der Waals surface area contributed by atoms with E-state index in [9.17, 15) is 9.59 Å². The van der Waals surface area contributed by atoms with E-state index in [-0.39, 0.29) is 12.0 Å². The molecule has 2 saturated heterocycles. The Balaban J connectivity index is 1.41. The number of likely N-dealkylation sites (tertiary alicyclic amines) is 1. The lowest BCUT2D eigenvalue weighted by molar-refractivity contribution is -0.136. The van der Waals surface area contributed by atoms with Gasteiger partial charge < -0.3 is 19.5 Å². The summed E-state index contributed by atoms with van der Waals surface area (Å²) in [7, 11) is 1.92. The maximum Gasteiger partial charge on any atom is 0.407 e. The van der Waals surface area contributed by atoms with Crippen molar-refractivity contribution in [2.75, 3.05) is 19.6 Å². The van der Waals surface area contributed by atoms with Crippen molar-refractivity contribution in [2.45, 2.75) is 31.3 Å². The van der Waals surface area contributed by atoms with Crippen LogP contribution in [-0.4, -0.2) is 56.7 Å². The van der Waals surface area contributed by atoms with Crippen molar-refractivity contribution < 1.29 is 14.3 Å². The van der Waals surface area contributed by atoms with Crippen molar-refractivity contribution >= 4 is 23.2 Å². The van der Waals surface area contributed by atoms with Crippen molar-refractivity contribution in [3.8, 4) is 0 Å². The number of carbonyl (C=O) groups is 2. The quantitative estimate of drug-likeness (QED) is 0.898. The van der Waals surface area contributed by atoms with E-state index in [1.54, 1.807) is 6.20 Å². The molecule has 2 aliphatic heterocycles. The number of hydrogen-bond donors (Lipinski definition) is 1. The minimum Gasteiger partial charge on any atom is -0.439 e. The highest BCUT2D eigenvalue weighted by molar-refractivity contribution is 5.77. The van der Waals surface area contributed by atoms with Gasteiger partial charge in [-0.3, -0.25) is 4.79 Å². The van der Waals surface area contributed by atoms with Crippen molar-refractivity contribution in [1.82, 2.24) is 24.8 Å². The predicted octanol–water partition coefficient (Wildman–Crippen LogP) is 1.00. The van der Waals surface area contributed by atoms with Crippen LogP contribution in [0.25, 0.3) is 11.2 Å². The second-order valence-electron chi connectivity index (χ2n) is 6.78. The molecule has 8 heteroatoms. The Kier molecular flexibility index (Phi) is 3.82. The average Bonchev–Trinajstić information content (AvgIpc) is 3.13. The number of aromatic nitrogens is 3. The molecule has 8 nitrogen and oxygen atoms in total. The van der Waals surface area contributed by atoms with E-state index >= 15 is 0 Å². The topological polar surface area (TPSA) is 89.4 Å². The normalized spacial score (nSPS) is 23.1. The minimum absolute atomic E-state index is 0.0713. The van der Waals surface area contributed by atoms with Gasteiger partial charge in [0.2, 0.25) is 5.91 Å². The number of fused-ring (bicyclic) bond motifs is 1. The molecule has 4 heterocycles. The summed E-state index contributed by atoms with van der Waals surface area (Å²) in [4.78, 5) is 34.7. The molecule has 1 N–H and O–H groups in total. The van der Waals surface area contributed by atoms with Gasteiger partial charge in [-0.15, -0.1) is 0 Å². The number of ether oxygens (including phenoxy) is 1. The summed E-state index contributed by atoms with van der Waals surface area (Å²) in [6.45, 7) is 1.66. The van der Waals surface area contributed by atoms with E-state index in [0.29, 0.717) is 32.5 Å². The van der Waals surface area contributed by atoms with Gasteiger partial charge in [0, 0.05) is 32.6 Å². The summed E-state index contributed by atoms with van der Waals surface area (Å²) in [5, 5.41) is 2.70. The lowest BCUT2D eigenvalue weighted by Gasteiger charge is -2.38. The highest BCUT2D eigenvalue weighted by Gasteiger charge is 2.44. The van der Waals surface area contributed by atoms with Gasteiger partial charge >= 0.3 is 6.09 Å². The van der Waals surface area contributed by atoms with Crippen LogP contribution in [0.2, 0.25) is 0 Å². The van der Waals surface area contributed by atoms with Crippen LogP contribution in [0.15, 0.2) is 18.3 Å². The number of imidazole rings is 1. The standard InChI is InChI=1S/C17H21N5O3/c1-21-13(20-12-4-2-8-18-15(12)21)5-6-14(23)22-9-3-7-17(11-22)10-19-16(24)25-17/h2,4,8H,3,5-7,9-11H2,1H3,(H,19,24)/t17-/m1/s1. The lowest BCUT2D eigenvalue weighted by atomic mass is 9.93. The maximum absolute atomic E-state index is 12.6. The van der Waals surface area contributed by atoms with Crippen LogP contribution in [0.1, 0.15) is 25.1 Å². The summed E-state index contributed by atoms with van der Waals surface area (Å²) >= 11 is 0. The van der Waals surface area contributed by atoms with Crippen LogP contribution in [0.5, 0.6) is 0 Å². The molecule has 2 aliphatic rings. The van der Waals surface area contributed by atoms with Crippen molar-refractivity contribution in [3.63, 3.8) is 0 Å². The van der Waals surface area contributed by atoms with Crippen molar-refractivity contribution in [1.29, 1.82) is 0 Å².